The summed E-state index contributed by atoms with van der Waals surface area (Å²) >= 11 is 1.35. The molecule has 4 rings (SSSR count). The lowest BCUT2D eigenvalue weighted by molar-refractivity contribution is -0.119. The Balaban J connectivity index is 1.40. The third-order valence-electron chi connectivity index (χ3n) is 5.27. The Morgan fingerprint density at radius 2 is 2.10 bits per heavy atom. The van der Waals surface area contributed by atoms with Gasteiger partial charge in [0.25, 0.3) is 0 Å². The molecule has 9 heteroatoms. The van der Waals surface area contributed by atoms with E-state index in [1.807, 2.05) is 24.5 Å². The minimum Gasteiger partial charge on any atom is -0.343 e. The lowest BCUT2D eigenvalue weighted by Gasteiger charge is -2.18. The predicted octanol–water partition coefficient (Wildman–Crippen LogP) is 3.75. The van der Waals surface area contributed by atoms with Gasteiger partial charge in [-0.25, -0.2) is 0 Å². The van der Waals surface area contributed by atoms with Crippen LogP contribution >= 0.6 is 11.8 Å². The number of hydrogen-bond acceptors (Lipinski definition) is 7. The molecule has 30 heavy (non-hydrogen) atoms. The van der Waals surface area contributed by atoms with Crippen LogP contribution in [0, 0.1) is 19.8 Å². The first-order chi connectivity index (χ1) is 14.4. The normalized spacial score (nSPS) is 14.8. The Labute approximate surface area is 179 Å². The number of aryl methyl sites for hydroxylation is 2. The fourth-order valence-electron chi connectivity index (χ4n) is 3.12. The van der Waals surface area contributed by atoms with Crippen LogP contribution in [0.5, 0.6) is 0 Å². The number of nitrogens with zero attached hydrogens (tertiary/aromatic N) is 5. The predicted molar refractivity (Wildman–Crippen MR) is 114 cm³/mol. The minimum absolute atomic E-state index is 0.112. The highest BCUT2D eigenvalue weighted by Gasteiger charge is 2.31. The number of hydrogen-bond donors (Lipinski definition) is 1. The van der Waals surface area contributed by atoms with Crippen molar-refractivity contribution in [1.29, 1.82) is 0 Å². The molecule has 0 saturated heterocycles. The molecule has 1 aliphatic rings. The van der Waals surface area contributed by atoms with Crippen molar-refractivity contribution in [2.75, 3.05) is 5.75 Å². The van der Waals surface area contributed by atoms with E-state index >= 15 is 0 Å². The number of benzene rings is 1. The molecule has 158 valence electrons. The molecule has 2 heterocycles. The van der Waals surface area contributed by atoms with Crippen molar-refractivity contribution in [2.45, 2.75) is 57.7 Å². The highest BCUT2D eigenvalue weighted by Crippen LogP contribution is 2.38. The summed E-state index contributed by atoms with van der Waals surface area (Å²) in [6, 6.07) is 5.87. The van der Waals surface area contributed by atoms with Gasteiger partial charge in [0.2, 0.25) is 11.8 Å². The first kappa shape index (κ1) is 20.6. The average molecular weight is 427 g/mol. The monoisotopic (exact) mass is 426 g/mol. The second-order valence-corrected chi connectivity index (χ2v) is 9.04. The summed E-state index contributed by atoms with van der Waals surface area (Å²) in [5, 5.41) is 16.0. The van der Waals surface area contributed by atoms with Gasteiger partial charge in [-0.05, 0) is 55.9 Å². The lowest BCUT2D eigenvalue weighted by Crippen LogP contribution is -2.33. The summed E-state index contributed by atoms with van der Waals surface area (Å²) in [6.45, 7) is 8.19. The van der Waals surface area contributed by atoms with Crippen molar-refractivity contribution in [1.82, 2.24) is 30.2 Å². The minimum atomic E-state index is -0.310. The molecule has 0 aliphatic heterocycles. The van der Waals surface area contributed by atoms with Gasteiger partial charge in [0.15, 0.2) is 11.0 Å². The lowest BCUT2D eigenvalue weighted by atomic mass is 10.0. The fourth-order valence-corrected chi connectivity index (χ4v) is 3.86. The second kappa shape index (κ2) is 8.59. The largest absolute Gasteiger partial charge is 0.343 e. The van der Waals surface area contributed by atoms with E-state index in [4.69, 9.17) is 4.52 Å². The van der Waals surface area contributed by atoms with Crippen molar-refractivity contribution >= 4 is 17.7 Å². The molecule has 1 saturated carbocycles. The van der Waals surface area contributed by atoms with E-state index in [0.717, 1.165) is 24.4 Å². The molecule has 1 N–H and O–H groups in total. The van der Waals surface area contributed by atoms with Gasteiger partial charge in [-0.15, -0.1) is 10.2 Å². The van der Waals surface area contributed by atoms with Crippen LogP contribution in [0.3, 0.4) is 0 Å². The maximum Gasteiger partial charge on any atom is 0.249 e. The molecule has 1 atom stereocenters. The molecule has 1 fully saturated rings. The van der Waals surface area contributed by atoms with Gasteiger partial charge < -0.3 is 9.84 Å². The summed E-state index contributed by atoms with van der Waals surface area (Å²) < 4.78 is 7.32. The summed E-state index contributed by atoms with van der Waals surface area (Å²) in [5.41, 5.74) is 3.40. The van der Waals surface area contributed by atoms with Crippen molar-refractivity contribution < 1.29 is 9.32 Å². The van der Waals surface area contributed by atoms with Crippen LogP contribution in [0.4, 0.5) is 0 Å². The van der Waals surface area contributed by atoms with Crippen molar-refractivity contribution in [3.05, 3.63) is 47.4 Å². The maximum absolute atomic E-state index is 12.6. The molecule has 1 aliphatic carbocycles. The molecular formula is C21H26N6O2S. The smallest absolute Gasteiger partial charge is 0.249 e. The topological polar surface area (TPSA) is 98.7 Å². The molecule has 8 nitrogen and oxygen atoms in total. The van der Waals surface area contributed by atoms with Crippen LogP contribution in [0.25, 0.3) is 5.69 Å². The van der Waals surface area contributed by atoms with Gasteiger partial charge in [-0.1, -0.05) is 36.8 Å². The van der Waals surface area contributed by atoms with Gasteiger partial charge >= 0.3 is 0 Å². The van der Waals surface area contributed by atoms with Gasteiger partial charge in [0, 0.05) is 11.6 Å². The molecule has 0 bridgehead atoms. The number of nitrogens with one attached hydrogen (secondary N) is 1. The van der Waals surface area contributed by atoms with Gasteiger partial charge in [0.05, 0.1) is 5.75 Å². The van der Waals surface area contributed by atoms with Crippen molar-refractivity contribution in [3.8, 4) is 5.69 Å². The van der Waals surface area contributed by atoms with E-state index in [9.17, 15) is 4.79 Å². The first-order valence-electron chi connectivity index (χ1n) is 10.2. The maximum atomic E-state index is 12.6. The van der Waals surface area contributed by atoms with Crippen LogP contribution < -0.4 is 5.32 Å². The van der Waals surface area contributed by atoms with E-state index in [1.54, 1.807) is 6.33 Å². The molecule has 1 unspecified atom stereocenters. The van der Waals surface area contributed by atoms with Crippen LogP contribution in [-0.4, -0.2) is 36.6 Å². The number of carbonyl (C=O) groups excluding carboxylic acids is 1. The first-order valence-corrected chi connectivity index (χ1v) is 11.1. The van der Waals surface area contributed by atoms with Gasteiger partial charge in [0.1, 0.15) is 12.4 Å². The van der Waals surface area contributed by atoms with Crippen molar-refractivity contribution in [3.63, 3.8) is 0 Å². The summed E-state index contributed by atoms with van der Waals surface area (Å²) in [6.07, 6.45) is 3.88. The van der Waals surface area contributed by atoms with E-state index < -0.39 is 0 Å². The highest BCUT2D eigenvalue weighted by atomic mass is 32.2. The molecule has 3 aromatic rings. The summed E-state index contributed by atoms with van der Waals surface area (Å²) in [5.74, 6) is 1.88. The number of aromatic nitrogens is 5. The third-order valence-corrected chi connectivity index (χ3v) is 6.21. The standard InChI is InChI=1S/C21H26N6O2S/c1-12(2)18(20-24-19(26-29-20)15-6-7-15)23-17(28)10-30-21-25-22-11-27(21)16-8-5-13(3)14(4)9-16/h5,8-9,11-12,15,18H,6-7,10H2,1-4H3,(H,23,28). The number of amides is 1. The Morgan fingerprint density at radius 3 is 2.80 bits per heavy atom. The number of rotatable bonds is 8. The molecule has 0 radical (unpaired) electrons. The van der Waals surface area contributed by atoms with Crippen LogP contribution in [-0.2, 0) is 4.79 Å². The zero-order valence-electron chi connectivity index (χ0n) is 17.6. The molecule has 2 aromatic heterocycles. The molecule has 0 spiro atoms. The van der Waals surface area contributed by atoms with E-state index in [0.29, 0.717) is 17.0 Å². The molecule has 1 aromatic carbocycles. The third kappa shape index (κ3) is 4.56. The summed E-state index contributed by atoms with van der Waals surface area (Å²) in [7, 11) is 0. The van der Waals surface area contributed by atoms with Crippen LogP contribution in [0.1, 0.15) is 61.5 Å². The average Bonchev–Trinajstić information content (AvgIpc) is 3.26. The summed E-state index contributed by atoms with van der Waals surface area (Å²) in [4.78, 5) is 17.1. The fraction of sp³-hybridized carbons (Fsp3) is 0.476. The zero-order chi connectivity index (χ0) is 21.3. The van der Waals surface area contributed by atoms with E-state index in [2.05, 4.69) is 51.6 Å². The Bertz CT molecular complexity index is 1040. The van der Waals surface area contributed by atoms with Crippen LogP contribution in [0.2, 0.25) is 0 Å². The van der Waals surface area contributed by atoms with Crippen molar-refractivity contribution in [2.24, 2.45) is 5.92 Å². The molecule has 1 amide bonds. The van der Waals surface area contributed by atoms with Crippen LogP contribution in [0.15, 0.2) is 34.2 Å². The van der Waals surface area contributed by atoms with E-state index in [1.165, 1.54) is 22.9 Å². The SMILES string of the molecule is Cc1ccc(-n2cnnc2SCC(=O)NC(c2nc(C3CC3)no2)C(C)C)cc1C. The Morgan fingerprint density at radius 1 is 1.30 bits per heavy atom. The highest BCUT2D eigenvalue weighted by molar-refractivity contribution is 7.99. The molecular weight excluding hydrogens is 400 g/mol. The Hall–Kier alpha value is -2.68. The number of carbonyl (C=O) groups is 1. The second-order valence-electron chi connectivity index (χ2n) is 8.10. The van der Waals surface area contributed by atoms with Gasteiger partial charge in [-0.2, -0.15) is 4.98 Å². The number of thioether (sulfide) groups is 1. The zero-order valence-corrected chi connectivity index (χ0v) is 18.4. The van der Waals surface area contributed by atoms with Gasteiger partial charge in [-0.3, -0.25) is 9.36 Å². The van der Waals surface area contributed by atoms with E-state index in [-0.39, 0.29) is 23.6 Å². The Kier molecular flexibility index (Phi) is 5.90. The quantitative estimate of drug-likeness (QED) is 0.548.